The Morgan fingerprint density at radius 2 is 1.70 bits per heavy atom. The molecule has 170 valence electrons. The summed E-state index contributed by atoms with van der Waals surface area (Å²) < 4.78 is 1.86. The van der Waals surface area contributed by atoms with Gasteiger partial charge in [-0.05, 0) is 55.3 Å². The van der Waals surface area contributed by atoms with Gasteiger partial charge in [0.15, 0.2) is 0 Å². The fourth-order valence-corrected chi connectivity index (χ4v) is 5.37. The minimum absolute atomic E-state index is 0.00772. The molecule has 0 radical (unpaired) electrons. The van der Waals surface area contributed by atoms with E-state index in [0.717, 1.165) is 60.6 Å². The Hall–Kier alpha value is -3.19. The first-order valence-electron chi connectivity index (χ1n) is 11.6. The largest absolute Gasteiger partial charge is 0.342 e. The summed E-state index contributed by atoms with van der Waals surface area (Å²) in [4.78, 5) is 30.5. The average molecular weight is 461 g/mol. The Kier molecular flexibility index (Phi) is 6.39. The van der Waals surface area contributed by atoms with Crippen LogP contribution in [0.3, 0.4) is 0 Å². The van der Waals surface area contributed by atoms with Crippen LogP contribution in [0.2, 0.25) is 0 Å². The van der Waals surface area contributed by atoms with E-state index in [-0.39, 0.29) is 17.7 Å². The van der Waals surface area contributed by atoms with Gasteiger partial charge in [-0.2, -0.15) is 5.10 Å². The van der Waals surface area contributed by atoms with Gasteiger partial charge in [-0.15, -0.1) is 11.3 Å². The molecule has 2 amide bonds. The van der Waals surface area contributed by atoms with E-state index in [0.29, 0.717) is 13.1 Å². The van der Waals surface area contributed by atoms with Gasteiger partial charge >= 0.3 is 0 Å². The zero-order valence-electron chi connectivity index (χ0n) is 18.6. The number of thiophene rings is 1. The SMILES string of the molecule is O=C(/C=C/c1cn(-c2ccccc2)nc1-c1cccs1)N1CCC(C(=O)N2CCCC2)CC1. The van der Waals surface area contributed by atoms with Crippen LogP contribution >= 0.6 is 11.3 Å². The number of likely N-dealkylation sites (tertiary alicyclic amines) is 2. The number of amides is 2. The first-order chi connectivity index (χ1) is 16.2. The summed E-state index contributed by atoms with van der Waals surface area (Å²) >= 11 is 1.63. The maximum atomic E-state index is 12.9. The number of para-hydroxylation sites is 1. The molecule has 3 aromatic rings. The third kappa shape index (κ3) is 4.78. The van der Waals surface area contributed by atoms with E-state index < -0.39 is 0 Å². The van der Waals surface area contributed by atoms with Crippen molar-refractivity contribution in [1.82, 2.24) is 19.6 Å². The van der Waals surface area contributed by atoms with Gasteiger partial charge in [0.2, 0.25) is 11.8 Å². The quantitative estimate of drug-likeness (QED) is 0.528. The lowest BCUT2D eigenvalue weighted by Crippen LogP contribution is -2.43. The smallest absolute Gasteiger partial charge is 0.246 e. The molecule has 2 aliphatic heterocycles. The number of carbonyl (C=O) groups excluding carboxylic acids is 2. The zero-order valence-corrected chi connectivity index (χ0v) is 19.4. The molecule has 0 atom stereocenters. The highest BCUT2D eigenvalue weighted by atomic mass is 32.1. The number of piperidine rings is 1. The highest BCUT2D eigenvalue weighted by Crippen LogP contribution is 2.29. The molecule has 7 heteroatoms. The number of rotatable bonds is 5. The monoisotopic (exact) mass is 460 g/mol. The van der Waals surface area contributed by atoms with Crippen molar-refractivity contribution in [1.29, 1.82) is 0 Å². The predicted molar refractivity (Wildman–Crippen MR) is 131 cm³/mol. The number of benzene rings is 1. The summed E-state index contributed by atoms with van der Waals surface area (Å²) in [5, 5.41) is 6.82. The van der Waals surface area contributed by atoms with Gasteiger partial charge in [-0.25, -0.2) is 4.68 Å². The number of carbonyl (C=O) groups is 2. The van der Waals surface area contributed by atoms with Gasteiger partial charge in [0.05, 0.1) is 10.6 Å². The van der Waals surface area contributed by atoms with Crippen LogP contribution in [0.5, 0.6) is 0 Å². The summed E-state index contributed by atoms with van der Waals surface area (Å²) in [5.74, 6) is 0.335. The number of aromatic nitrogens is 2. The van der Waals surface area contributed by atoms with E-state index in [9.17, 15) is 9.59 Å². The van der Waals surface area contributed by atoms with Crippen molar-refractivity contribution >= 4 is 29.2 Å². The number of nitrogens with zero attached hydrogens (tertiary/aromatic N) is 4. The first-order valence-corrected chi connectivity index (χ1v) is 12.5. The second-order valence-electron chi connectivity index (χ2n) is 8.66. The summed E-state index contributed by atoms with van der Waals surface area (Å²) in [6.07, 6.45) is 9.21. The van der Waals surface area contributed by atoms with Crippen LogP contribution in [0.4, 0.5) is 0 Å². The second-order valence-corrected chi connectivity index (χ2v) is 9.60. The molecule has 2 aromatic heterocycles. The molecule has 2 saturated heterocycles. The van der Waals surface area contributed by atoms with E-state index >= 15 is 0 Å². The Morgan fingerprint density at radius 1 is 0.939 bits per heavy atom. The molecule has 1 aromatic carbocycles. The first kappa shape index (κ1) is 21.6. The maximum Gasteiger partial charge on any atom is 0.246 e. The van der Waals surface area contributed by atoms with Gasteiger partial charge in [-0.1, -0.05) is 24.3 Å². The third-order valence-electron chi connectivity index (χ3n) is 6.50. The maximum absolute atomic E-state index is 12.9. The van der Waals surface area contributed by atoms with Crippen molar-refractivity contribution in [3.05, 3.63) is 65.7 Å². The Bertz CT molecular complexity index is 1120. The van der Waals surface area contributed by atoms with Crippen LogP contribution in [-0.2, 0) is 9.59 Å². The molecular formula is C26H28N4O2S. The summed E-state index contributed by atoms with van der Waals surface area (Å²) in [7, 11) is 0. The standard InChI is InChI=1S/C26H28N4O2S/c31-24(28-16-12-20(13-17-28)26(32)29-14-4-5-15-29)11-10-21-19-30(22-7-2-1-3-8-22)27-25(21)23-9-6-18-33-23/h1-3,6-11,18-20H,4-5,12-17H2/b11-10+. The lowest BCUT2D eigenvalue weighted by atomic mass is 9.95. The topological polar surface area (TPSA) is 58.4 Å². The molecule has 2 fully saturated rings. The van der Waals surface area contributed by atoms with Crippen molar-refractivity contribution in [2.75, 3.05) is 26.2 Å². The van der Waals surface area contributed by atoms with Crippen molar-refractivity contribution in [3.63, 3.8) is 0 Å². The van der Waals surface area contributed by atoms with Gasteiger partial charge in [0, 0.05) is 49.9 Å². The molecule has 5 rings (SSSR count). The van der Waals surface area contributed by atoms with E-state index in [4.69, 9.17) is 5.10 Å². The zero-order chi connectivity index (χ0) is 22.6. The van der Waals surface area contributed by atoms with E-state index in [1.165, 1.54) is 0 Å². The van der Waals surface area contributed by atoms with Crippen LogP contribution in [0.1, 0.15) is 31.2 Å². The molecule has 0 unspecified atom stereocenters. The lowest BCUT2D eigenvalue weighted by molar-refractivity contribution is -0.138. The summed E-state index contributed by atoms with van der Waals surface area (Å²) in [6.45, 7) is 3.05. The Labute approximate surface area is 198 Å². The van der Waals surface area contributed by atoms with Crippen LogP contribution in [0, 0.1) is 5.92 Å². The van der Waals surface area contributed by atoms with Crippen molar-refractivity contribution in [2.24, 2.45) is 5.92 Å². The fraction of sp³-hybridized carbons (Fsp3) is 0.346. The van der Waals surface area contributed by atoms with Crippen LogP contribution in [-0.4, -0.2) is 57.6 Å². The number of hydrogen-bond acceptors (Lipinski definition) is 4. The van der Waals surface area contributed by atoms with Gasteiger partial charge < -0.3 is 9.80 Å². The molecular weight excluding hydrogens is 432 g/mol. The van der Waals surface area contributed by atoms with Gasteiger partial charge in [0.25, 0.3) is 0 Å². The fourth-order valence-electron chi connectivity index (χ4n) is 4.64. The molecule has 6 nitrogen and oxygen atoms in total. The minimum Gasteiger partial charge on any atom is -0.342 e. The number of hydrogen-bond donors (Lipinski definition) is 0. The van der Waals surface area contributed by atoms with E-state index in [1.54, 1.807) is 17.4 Å². The molecule has 0 spiro atoms. The van der Waals surface area contributed by atoms with Crippen LogP contribution in [0.15, 0.2) is 60.1 Å². The van der Waals surface area contributed by atoms with Gasteiger partial charge in [0.1, 0.15) is 5.69 Å². The summed E-state index contributed by atoms with van der Waals surface area (Å²) in [6, 6.07) is 14.0. The molecule has 2 aliphatic rings. The molecule has 0 aliphatic carbocycles. The minimum atomic E-state index is -0.00772. The second kappa shape index (κ2) is 9.75. The average Bonchev–Trinajstić information content (AvgIpc) is 3.64. The van der Waals surface area contributed by atoms with Crippen LogP contribution in [0.25, 0.3) is 22.3 Å². The predicted octanol–water partition coefficient (Wildman–Crippen LogP) is 4.48. The van der Waals surface area contributed by atoms with Crippen molar-refractivity contribution in [3.8, 4) is 16.3 Å². The van der Waals surface area contributed by atoms with E-state index in [2.05, 4.69) is 0 Å². The molecule has 0 saturated carbocycles. The molecule has 0 N–H and O–H groups in total. The molecule has 0 bridgehead atoms. The third-order valence-corrected chi connectivity index (χ3v) is 7.37. The van der Waals surface area contributed by atoms with E-state index in [1.807, 2.05) is 74.6 Å². The highest BCUT2D eigenvalue weighted by molar-refractivity contribution is 7.13. The lowest BCUT2D eigenvalue weighted by Gasteiger charge is -2.32. The molecule has 33 heavy (non-hydrogen) atoms. The summed E-state index contributed by atoms with van der Waals surface area (Å²) in [5.41, 5.74) is 2.76. The Morgan fingerprint density at radius 3 is 2.39 bits per heavy atom. The van der Waals surface area contributed by atoms with Crippen molar-refractivity contribution in [2.45, 2.75) is 25.7 Å². The highest BCUT2D eigenvalue weighted by Gasteiger charge is 2.30. The Balaban J connectivity index is 1.27. The van der Waals surface area contributed by atoms with Crippen molar-refractivity contribution < 1.29 is 9.59 Å². The normalized spacial score (nSPS) is 17.2. The van der Waals surface area contributed by atoms with Crippen LogP contribution < -0.4 is 0 Å². The molecule has 4 heterocycles. The van der Waals surface area contributed by atoms with Gasteiger partial charge in [-0.3, -0.25) is 9.59 Å².